The minimum absolute atomic E-state index is 0.0401. The van der Waals surface area contributed by atoms with Crippen molar-refractivity contribution in [2.75, 3.05) is 19.6 Å². The summed E-state index contributed by atoms with van der Waals surface area (Å²) >= 11 is 0. The van der Waals surface area contributed by atoms with E-state index >= 15 is 0 Å². The Morgan fingerprint density at radius 3 is 2.43 bits per heavy atom. The molecule has 0 aliphatic carbocycles. The molecule has 2 N–H and O–H groups in total. The van der Waals surface area contributed by atoms with Gasteiger partial charge >= 0.3 is 0 Å². The minimum Gasteiger partial charge on any atom is -0.353 e. The number of hydrogen-bond acceptors (Lipinski definition) is 4. The zero-order chi connectivity index (χ0) is 20.6. The largest absolute Gasteiger partial charge is 0.353 e. The molecule has 1 heterocycles. The van der Waals surface area contributed by atoms with Crippen molar-refractivity contribution in [3.63, 3.8) is 0 Å². The lowest BCUT2D eigenvalue weighted by Crippen LogP contribution is -2.53. The Labute approximate surface area is 168 Å². The molecule has 1 aliphatic rings. The van der Waals surface area contributed by atoms with E-state index in [0.717, 1.165) is 32.4 Å². The summed E-state index contributed by atoms with van der Waals surface area (Å²) in [7, 11) is 0. The molecule has 1 aromatic rings. The molecule has 0 bridgehead atoms. The second kappa shape index (κ2) is 10.2. The van der Waals surface area contributed by atoms with Gasteiger partial charge in [0.25, 0.3) is 0 Å². The van der Waals surface area contributed by atoms with Crippen molar-refractivity contribution < 1.29 is 9.59 Å². The van der Waals surface area contributed by atoms with Gasteiger partial charge in [-0.25, -0.2) is 0 Å². The van der Waals surface area contributed by atoms with Crippen LogP contribution < -0.4 is 10.6 Å². The number of carbonyl (C=O) groups is 2. The fourth-order valence-corrected chi connectivity index (χ4v) is 3.27. The van der Waals surface area contributed by atoms with Crippen LogP contribution in [0.1, 0.15) is 45.6 Å². The summed E-state index contributed by atoms with van der Waals surface area (Å²) in [5.41, 5.74) is 0.325. The maximum atomic E-state index is 12.3. The summed E-state index contributed by atoms with van der Waals surface area (Å²) in [6.07, 6.45) is 2.92. The summed E-state index contributed by atoms with van der Waals surface area (Å²) in [5.74, 6) is 0.00291. The monoisotopic (exact) mass is 384 g/mol. The van der Waals surface area contributed by atoms with Gasteiger partial charge in [-0.2, -0.15) is 5.26 Å². The van der Waals surface area contributed by atoms with Crippen molar-refractivity contribution >= 4 is 11.8 Å². The van der Waals surface area contributed by atoms with E-state index in [9.17, 15) is 14.9 Å². The molecule has 2 amide bonds. The first-order valence-corrected chi connectivity index (χ1v) is 10.1. The Hall–Kier alpha value is -2.39. The highest BCUT2D eigenvalue weighted by molar-refractivity contribution is 5.79. The van der Waals surface area contributed by atoms with Gasteiger partial charge in [0.15, 0.2) is 0 Å². The van der Waals surface area contributed by atoms with Crippen LogP contribution in [0, 0.1) is 17.2 Å². The maximum Gasteiger partial charge on any atom is 0.235 e. The molecule has 28 heavy (non-hydrogen) atoms. The highest BCUT2D eigenvalue weighted by Crippen LogP contribution is 2.16. The van der Waals surface area contributed by atoms with Gasteiger partial charge in [0, 0.05) is 25.6 Å². The number of carbonyl (C=O) groups excluding carboxylic acids is 2. The van der Waals surface area contributed by atoms with Crippen LogP contribution >= 0.6 is 0 Å². The molecule has 0 spiro atoms. The van der Waals surface area contributed by atoms with Crippen LogP contribution in [0.5, 0.6) is 0 Å². The molecule has 1 fully saturated rings. The minimum atomic E-state index is -0.845. The van der Waals surface area contributed by atoms with Gasteiger partial charge < -0.3 is 10.6 Å². The van der Waals surface area contributed by atoms with Gasteiger partial charge in [-0.15, -0.1) is 0 Å². The van der Waals surface area contributed by atoms with E-state index in [1.807, 2.05) is 44.2 Å². The van der Waals surface area contributed by atoms with Crippen molar-refractivity contribution in [2.24, 2.45) is 5.92 Å². The van der Waals surface area contributed by atoms with Crippen molar-refractivity contribution in [1.82, 2.24) is 15.5 Å². The van der Waals surface area contributed by atoms with Crippen LogP contribution in [0.4, 0.5) is 0 Å². The Morgan fingerprint density at radius 2 is 1.86 bits per heavy atom. The van der Waals surface area contributed by atoms with Gasteiger partial charge in [-0.1, -0.05) is 44.2 Å². The third kappa shape index (κ3) is 6.65. The van der Waals surface area contributed by atoms with E-state index in [4.69, 9.17) is 0 Å². The number of benzene rings is 1. The fraction of sp³-hybridized carbons (Fsp3) is 0.591. The standard InChI is InChI=1S/C22H32N4O2/c1-17(2)22(3,16-23)25-21(28)15-26-13-11-19(12-14-26)24-20(27)10-9-18-7-5-4-6-8-18/h4-8,17,19H,9-15H2,1-3H3,(H,24,27)(H,25,28). The SMILES string of the molecule is CC(C)C(C)(C#N)NC(=O)CN1CCC(NC(=O)CCc2ccccc2)CC1. The molecule has 1 aromatic carbocycles. The quantitative estimate of drug-likeness (QED) is 0.720. The Morgan fingerprint density at radius 1 is 1.21 bits per heavy atom. The predicted octanol–water partition coefficient (Wildman–Crippen LogP) is 2.25. The average Bonchev–Trinajstić information content (AvgIpc) is 2.68. The van der Waals surface area contributed by atoms with E-state index in [1.165, 1.54) is 5.56 Å². The summed E-state index contributed by atoms with van der Waals surface area (Å²) in [4.78, 5) is 26.6. The van der Waals surface area contributed by atoms with E-state index in [1.54, 1.807) is 6.92 Å². The van der Waals surface area contributed by atoms with Crippen LogP contribution in [0.3, 0.4) is 0 Å². The third-order valence-electron chi connectivity index (χ3n) is 5.59. The van der Waals surface area contributed by atoms with Crippen molar-refractivity contribution in [3.05, 3.63) is 35.9 Å². The fourth-order valence-electron chi connectivity index (χ4n) is 3.27. The maximum absolute atomic E-state index is 12.3. The Kier molecular flexibility index (Phi) is 8.01. The normalized spacial score (nSPS) is 17.5. The molecule has 0 saturated carbocycles. The molecule has 152 valence electrons. The second-order valence-electron chi connectivity index (χ2n) is 8.12. The lowest BCUT2D eigenvalue weighted by atomic mass is 9.90. The first-order valence-electron chi connectivity index (χ1n) is 10.1. The molecule has 6 heteroatoms. The van der Waals surface area contributed by atoms with Crippen LogP contribution in [-0.2, 0) is 16.0 Å². The van der Waals surface area contributed by atoms with Crippen LogP contribution in [-0.4, -0.2) is 47.9 Å². The lowest BCUT2D eigenvalue weighted by molar-refractivity contribution is -0.125. The summed E-state index contributed by atoms with van der Waals surface area (Å²) in [6, 6.07) is 12.4. The number of nitrogens with one attached hydrogen (secondary N) is 2. The van der Waals surface area contributed by atoms with Gasteiger partial charge in [-0.3, -0.25) is 14.5 Å². The molecule has 2 rings (SSSR count). The molecule has 0 radical (unpaired) electrons. The van der Waals surface area contributed by atoms with Crippen LogP contribution in [0.25, 0.3) is 0 Å². The molecule has 1 aliphatic heterocycles. The molecule has 0 aromatic heterocycles. The number of amides is 2. The molecular formula is C22H32N4O2. The Balaban J connectivity index is 1.69. The highest BCUT2D eigenvalue weighted by Gasteiger charge is 2.31. The molecule has 1 unspecified atom stereocenters. The number of likely N-dealkylation sites (tertiary alicyclic amines) is 1. The number of aryl methyl sites for hydroxylation is 1. The van der Waals surface area contributed by atoms with Crippen molar-refractivity contribution in [1.29, 1.82) is 5.26 Å². The molecule has 1 atom stereocenters. The van der Waals surface area contributed by atoms with E-state index in [-0.39, 0.29) is 23.8 Å². The van der Waals surface area contributed by atoms with Crippen LogP contribution in [0.2, 0.25) is 0 Å². The number of hydrogen-bond donors (Lipinski definition) is 2. The van der Waals surface area contributed by atoms with Gasteiger partial charge in [0.1, 0.15) is 5.54 Å². The van der Waals surface area contributed by atoms with Gasteiger partial charge in [-0.05, 0) is 37.7 Å². The number of piperidine rings is 1. The predicted molar refractivity (Wildman–Crippen MR) is 109 cm³/mol. The highest BCUT2D eigenvalue weighted by atomic mass is 16.2. The van der Waals surface area contributed by atoms with Crippen molar-refractivity contribution in [3.8, 4) is 6.07 Å². The second-order valence-corrected chi connectivity index (χ2v) is 8.12. The van der Waals surface area contributed by atoms with Crippen LogP contribution in [0.15, 0.2) is 30.3 Å². The topological polar surface area (TPSA) is 85.2 Å². The van der Waals surface area contributed by atoms with E-state index < -0.39 is 5.54 Å². The average molecular weight is 385 g/mol. The molecule has 6 nitrogen and oxygen atoms in total. The van der Waals surface area contributed by atoms with Gasteiger partial charge in [0.2, 0.25) is 11.8 Å². The van der Waals surface area contributed by atoms with Crippen molar-refractivity contribution in [2.45, 2.75) is 58.0 Å². The zero-order valence-corrected chi connectivity index (χ0v) is 17.2. The number of nitriles is 1. The third-order valence-corrected chi connectivity index (χ3v) is 5.59. The van der Waals surface area contributed by atoms with E-state index in [2.05, 4.69) is 21.6 Å². The first kappa shape index (κ1) is 21.9. The lowest BCUT2D eigenvalue weighted by Gasteiger charge is -2.33. The smallest absolute Gasteiger partial charge is 0.235 e. The molecule has 1 saturated heterocycles. The first-order chi connectivity index (χ1) is 13.3. The number of rotatable bonds is 8. The summed E-state index contributed by atoms with van der Waals surface area (Å²) in [5, 5.41) is 15.3. The van der Waals surface area contributed by atoms with E-state index in [0.29, 0.717) is 13.0 Å². The molecular weight excluding hydrogens is 352 g/mol. The summed E-state index contributed by atoms with van der Waals surface area (Å²) < 4.78 is 0. The Bertz CT molecular complexity index is 690. The van der Waals surface area contributed by atoms with Gasteiger partial charge in [0.05, 0.1) is 12.6 Å². The number of nitrogens with zero attached hydrogens (tertiary/aromatic N) is 2. The summed E-state index contributed by atoms with van der Waals surface area (Å²) in [6.45, 7) is 7.43. The zero-order valence-electron chi connectivity index (χ0n) is 17.2.